The van der Waals surface area contributed by atoms with E-state index >= 15 is 0 Å². The maximum absolute atomic E-state index is 5.87. The van der Waals surface area contributed by atoms with E-state index in [9.17, 15) is 0 Å². The lowest BCUT2D eigenvalue weighted by molar-refractivity contribution is 0.566. The highest BCUT2D eigenvalue weighted by molar-refractivity contribution is 9.10. The monoisotopic (exact) mass is 312 g/mol. The van der Waals surface area contributed by atoms with Gasteiger partial charge in [0.2, 0.25) is 11.1 Å². The van der Waals surface area contributed by atoms with Crippen LogP contribution in [0.1, 0.15) is 0 Å². The van der Waals surface area contributed by atoms with Gasteiger partial charge in [0.1, 0.15) is 5.52 Å². The Hall–Kier alpha value is -1.46. The van der Waals surface area contributed by atoms with Gasteiger partial charge in [-0.05, 0) is 29.8 Å². The van der Waals surface area contributed by atoms with Gasteiger partial charge in [0.15, 0.2) is 5.58 Å². The topological polar surface area (TPSA) is 65.2 Å². The van der Waals surface area contributed by atoms with Crippen molar-refractivity contribution in [1.82, 2.24) is 4.98 Å². The molecule has 2 heterocycles. The van der Waals surface area contributed by atoms with Crippen molar-refractivity contribution in [3.05, 3.63) is 34.2 Å². The largest absolute Gasteiger partial charge is 0.452 e. The number of rotatable bonds is 1. The van der Waals surface area contributed by atoms with Crippen LogP contribution in [0, 0.1) is 0 Å². The highest BCUT2D eigenvalue weighted by Crippen LogP contribution is 2.33. The van der Waals surface area contributed by atoms with Crippen LogP contribution in [0.5, 0.6) is 0 Å². The lowest BCUT2D eigenvalue weighted by Crippen LogP contribution is -1.84. The molecule has 17 heavy (non-hydrogen) atoms. The molecule has 0 atom stereocenters. The molecule has 0 unspecified atom stereocenters. The second-order valence-corrected chi connectivity index (χ2v) is 4.73. The number of aromatic nitrogens is 1. The molecule has 2 aromatic heterocycles. The Bertz CT molecular complexity index is 705. The first-order chi connectivity index (χ1) is 8.15. The number of halogens is 2. The van der Waals surface area contributed by atoms with E-state index in [2.05, 4.69) is 20.9 Å². The molecule has 3 rings (SSSR count). The summed E-state index contributed by atoms with van der Waals surface area (Å²) >= 11 is 9.22. The minimum atomic E-state index is 0.245. The SMILES string of the molecule is Nc1cc(Br)cc2nc(-c3ccoc3Cl)oc12. The number of nitrogens with zero attached hydrogens (tertiary/aromatic N) is 1. The van der Waals surface area contributed by atoms with E-state index < -0.39 is 0 Å². The third kappa shape index (κ3) is 1.71. The molecule has 0 radical (unpaired) electrons. The molecular weight excluding hydrogens is 307 g/mol. The fourth-order valence-corrected chi connectivity index (χ4v) is 2.24. The van der Waals surface area contributed by atoms with Crippen LogP contribution in [0.15, 0.2) is 37.8 Å². The molecule has 0 fully saturated rings. The number of anilines is 1. The van der Waals surface area contributed by atoms with Gasteiger partial charge in [-0.15, -0.1) is 0 Å². The normalized spacial score (nSPS) is 11.2. The van der Waals surface area contributed by atoms with Crippen molar-refractivity contribution in [2.24, 2.45) is 0 Å². The Morgan fingerprint density at radius 1 is 1.35 bits per heavy atom. The average molecular weight is 314 g/mol. The van der Waals surface area contributed by atoms with Crippen molar-refractivity contribution >= 4 is 44.3 Å². The van der Waals surface area contributed by atoms with E-state index in [1.807, 2.05) is 6.07 Å². The first-order valence-electron chi connectivity index (χ1n) is 4.74. The van der Waals surface area contributed by atoms with Gasteiger partial charge in [-0.2, -0.15) is 0 Å². The Balaban J connectivity index is 2.27. The molecule has 0 saturated heterocycles. The summed E-state index contributed by atoms with van der Waals surface area (Å²) in [7, 11) is 0. The summed E-state index contributed by atoms with van der Waals surface area (Å²) in [5.41, 5.74) is 8.18. The molecular formula is C11H6BrClN2O2. The fourth-order valence-electron chi connectivity index (χ4n) is 1.58. The summed E-state index contributed by atoms with van der Waals surface area (Å²) in [6.45, 7) is 0. The first kappa shape index (κ1) is 10.7. The molecule has 0 saturated carbocycles. The Kier molecular flexibility index (Phi) is 2.38. The van der Waals surface area contributed by atoms with Crippen molar-refractivity contribution < 1.29 is 8.83 Å². The molecule has 2 N–H and O–H groups in total. The van der Waals surface area contributed by atoms with E-state index in [0.29, 0.717) is 28.2 Å². The number of nitrogen functional groups attached to an aromatic ring is 1. The van der Waals surface area contributed by atoms with Crippen LogP contribution < -0.4 is 5.73 Å². The van der Waals surface area contributed by atoms with Gasteiger partial charge in [-0.25, -0.2) is 4.98 Å². The zero-order valence-electron chi connectivity index (χ0n) is 8.41. The summed E-state index contributed by atoms with van der Waals surface area (Å²) < 4.78 is 11.4. The standard InChI is InChI=1S/C11H6BrClN2O2/c12-5-3-7(14)9-8(4-5)15-11(17-9)6-1-2-16-10(6)13/h1-4H,14H2. The quantitative estimate of drug-likeness (QED) is 0.687. The molecule has 0 aliphatic carbocycles. The Labute approximate surface area is 109 Å². The average Bonchev–Trinajstić information content (AvgIpc) is 2.83. The third-order valence-corrected chi connectivity index (χ3v) is 3.08. The molecule has 3 aromatic rings. The van der Waals surface area contributed by atoms with E-state index in [4.69, 9.17) is 26.2 Å². The van der Waals surface area contributed by atoms with Gasteiger partial charge >= 0.3 is 0 Å². The molecule has 86 valence electrons. The smallest absolute Gasteiger partial charge is 0.232 e. The molecule has 0 aliphatic heterocycles. The number of fused-ring (bicyclic) bond motifs is 1. The molecule has 1 aromatic carbocycles. The van der Waals surface area contributed by atoms with E-state index in [-0.39, 0.29) is 5.22 Å². The van der Waals surface area contributed by atoms with Gasteiger partial charge in [0, 0.05) is 4.47 Å². The number of nitrogens with two attached hydrogens (primary N) is 1. The maximum atomic E-state index is 5.87. The first-order valence-corrected chi connectivity index (χ1v) is 5.91. The second-order valence-electron chi connectivity index (χ2n) is 3.47. The van der Waals surface area contributed by atoms with E-state index in [1.165, 1.54) is 6.26 Å². The van der Waals surface area contributed by atoms with E-state index in [0.717, 1.165) is 4.47 Å². The summed E-state index contributed by atoms with van der Waals surface area (Å²) in [4.78, 5) is 4.32. The predicted octanol–water partition coefficient (Wildman–Crippen LogP) is 4.09. The third-order valence-electron chi connectivity index (χ3n) is 2.33. The minimum Gasteiger partial charge on any atom is -0.452 e. The molecule has 0 bridgehead atoms. The molecule has 0 aliphatic rings. The second kappa shape index (κ2) is 3.78. The number of hydrogen-bond donors (Lipinski definition) is 1. The summed E-state index contributed by atoms with van der Waals surface area (Å²) in [6.07, 6.45) is 1.48. The maximum Gasteiger partial charge on any atom is 0.232 e. The Morgan fingerprint density at radius 2 is 2.18 bits per heavy atom. The van der Waals surface area contributed by atoms with Crippen LogP contribution in [-0.2, 0) is 0 Å². The molecule has 0 spiro atoms. The van der Waals surface area contributed by atoms with Crippen LogP contribution in [0.25, 0.3) is 22.6 Å². The number of furan rings is 1. The number of benzene rings is 1. The number of oxazole rings is 1. The predicted molar refractivity (Wildman–Crippen MR) is 68.8 cm³/mol. The fraction of sp³-hybridized carbons (Fsp3) is 0. The Morgan fingerprint density at radius 3 is 2.88 bits per heavy atom. The van der Waals surface area contributed by atoms with Crippen LogP contribution in [0.4, 0.5) is 5.69 Å². The van der Waals surface area contributed by atoms with Crippen molar-refractivity contribution in [2.75, 3.05) is 5.73 Å². The molecule has 4 nitrogen and oxygen atoms in total. The van der Waals surface area contributed by atoms with E-state index in [1.54, 1.807) is 12.1 Å². The molecule has 0 amide bonds. The zero-order chi connectivity index (χ0) is 12.0. The van der Waals surface area contributed by atoms with Crippen LogP contribution in [0.2, 0.25) is 5.22 Å². The molecule has 6 heteroatoms. The highest BCUT2D eigenvalue weighted by Gasteiger charge is 2.15. The number of hydrogen-bond acceptors (Lipinski definition) is 4. The zero-order valence-corrected chi connectivity index (χ0v) is 10.7. The highest BCUT2D eigenvalue weighted by atomic mass is 79.9. The van der Waals surface area contributed by atoms with Crippen LogP contribution in [-0.4, -0.2) is 4.98 Å². The van der Waals surface area contributed by atoms with Crippen molar-refractivity contribution in [2.45, 2.75) is 0 Å². The van der Waals surface area contributed by atoms with Crippen molar-refractivity contribution in [1.29, 1.82) is 0 Å². The van der Waals surface area contributed by atoms with Crippen molar-refractivity contribution in [3.8, 4) is 11.5 Å². The summed E-state index contributed by atoms with van der Waals surface area (Å²) in [5, 5.41) is 0.245. The van der Waals surface area contributed by atoms with Gasteiger partial charge in [0.25, 0.3) is 0 Å². The summed E-state index contributed by atoms with van der Waals surface area (Å²) in [5.74, 6) is 0.392. The van der Waals surface area contributed by atoms with Crippen LogP contribution >= 0.6 is 27.5 Å². The lowest BCUT2D eigenvalue weighted by atomic mass is 10.3. The van der Waals surface area contributed by atoms with Crippen LogP contribution in [0.3, 0.4) is 0 Å². The minimum absolute atomic E-state index is 0.245. The summed E-state index contributed by atoms with van der Waals surface area (Å²) in [6, 6.07) is 5.28. The lowest BCUT2D eigenvalue weighted by Gasteiger charge is -1.93. The van der Waals surface area contributed by atoms with Gasteiger partial charge < -0.3 is 14.6 Å². The van der Waals surface area contributed by atoms with Crippen molar-refractivity contribution in [3.63, 3.8) is 0 Å². The van der Waals surface area contributed by atoms with Gasteiger partial charge in [-0.3, -0.25) is 0 Å². The van der Waals surface area contributed by atoms with Gasteiger partial charge in [0.05, 0.1) is 17.5 Å². The van der Waals surface area contributed by atoms with Gasteiger partial charge in [-0.1, -0.05) is 15.9 Å².